The van der Waals surface area contributed by atoms with Crippen LogP contribution in [0, 0.1) is 6.92 Å². The smallest absolute Gasteiger partial charge is 0.313 e. The third-order valence-corrected chi connectivity index (χ3v) is 5.35. The van der Waals surface area contributed by atoms with Crippen molar-refractivity contribution in [2.45, 2.75) is 25.3 Å². The Bertz CT molecular complexity index is 857. The zero-order valence-corrected chi connectivity index (χ0v) is 14.5. The molecule has 0 fully saturated rings. The van der Waals surface area contributed by atoms with E-state index < -0.39 is 5.97 Å². The molecule has 6 heteroatoms. The summed E-state index contributed by atoms with van der Waals surface area (Å²) >= 11 is 2.82. The Balaban J connectivity index is 2.11. The summed E-state index contributed by atoms with van der Waals surface area (Å²) in [6.45, 7) is 3.96. The summed E-state index contributed by atoms with van der Waals surface area (Å²) in [6.07, 6.45) is 1.01. The van der Waals surface area contributed by atoms with E-state index in [1.54, 1.807) is 11.3 Å². The fraction of sp³-hybridized carbons (Fsp3) is 0.235. The second-order valence-electron chi connectivity index (χ2n) is 5.14. The van der Waals surface area contributed by atoms with E-state index in [4.69, 9.17) is 5.11 Å². The van der Waals surface area contributed by atoms with Gasteiger partial charge in [0.25, 0.3) is 0 Å². The molecule has 4 nitrogen and oxygen atoms in total. The number of hydrogen-bond donors (Lipinski definition) is 1. The number of fused-ring (bicyclic) bond motifs is 1. The van der Waals surface area contributed by atoms with Crippen molar-refractivity contribution in [1.82, 2.24) is 9.97 Å². The van der Waals surface area contributed by atoms with Gasteiger partial charge < -0.3 is 5.11 Å². The maximum Gasteiger partial charge on any atom is 0.313 e. The van der Waals surface area contributed by atoms with Crippen LogP contribution in [0.2, 0.25) is 0 Å². The monoisotopic (exact) mass is 344 g/mol. The van der Waals surface area contributed by atoms with Crippen molar-refractivity contribution in [3.05, 3.63) is 41.0 Å². The topological polar surface area (TPSA) is 63.1 Å². The van der Waals surface area contributed by atoms with Crippen molar-refractivity contribution >= 4 is 39.3 Å². The molecule has 0 bridgehead atoms. The van der Waals surface area contributed by atoms with Gasteiger partial charge >= 0.3 is 5.97 Å². The summed E-state index contributed by atoms with van der Waals surface area (Å²) in [5.74, 6) is -0.182. The van der Waals surface area contributed by atoms with Gasteiger partial charge in [0, 0.05) is 10.9 Å². The van der Waals surface area contributed by atoms with Crippen LogP contribution in [0.25, 0.3) is 21.3 Å². The van der Waals surface area contributed by atoms with E-state index >= 15 is 0 Å². The highest BCUT2D eigenvalue weighted by Crippen LogP contribution is 2.38. The predicted octanol–water partition coefficient (Wildman–Crippen LogP) is 4.41. The Labute approximate surface area is 142 Å². The van der Waals surface area contributed by atoms with E-state index in [9.17, 15) is 4.79 Å². The first-order valence-corrected chi connectivity index (χ1v) is 9.14. The van der Waals surface area contributed by atoms with Gasteiger partial charge in [-0.2, -0.15) is 0 Å². The molecule has 1 aromatic carbocycles. The lowest BCUT2D eigenvalue weighted by Gasteiger charge is -2.06. The van der Waals surface area contributed by atoms with E-state index in [0.29, 0.717) is 5.82 Å². The first-order valence-electron chi connectivity index (χ1n) is 7.28. The Morgan fingerprint density at radius 1 is 1.26 bits per heavy atom. The zero-order chi connectivity index (χ0) is 16.4. The zero-order valence-electron chi connectivity index (χ0n) is 12.9. The lowest BCUT2D eigenvalue weighted by Crippen LogP contribution is -1.99. The first kappa shape index (κ1) is 16.0. The molecule has 118 valence electrons. The number of hydrogen-bond acceptors (Lipinski definition) is 5. The second-order valence-corrected chi connectivity index (χ2v) is 6.96. The van der Waals surface area contributed by atoms with Crippen LogP contribution in [0.4, 0.5) is 0 Å². The lowest BCUT2D eigenvalue weighted by molar-refractivity contribution is -0.133. The van der Waals surface area contributed by atoms with Gasteiger partial charge in [-0.15, -0.1) is 11.3 Å². The summed E-state index contributed by atoms with van der Waals surface area (Å²) in [4.78, 5) is 20.7. The number of aryl methyl sites for hydroxylation is 2. The standard InChI is InChI=1S/C17H16N2O2S2/c1-3-11-4-6-12(7-5-11)13-8-22-16-15(13)17(19-10(2)18-16)23-9-14(20)21/h4-8H,3,9H2,1-2H3,(H,20,21). The molecule has 0 aliphatic heterocycles. The van der Waals surface area contributed by atoms with E-state index in [1.165, 1.54) is 17.3 Å². The summed E-state index contributed by atoms with van der Waals surface area (Å²) < 4.78 is 0. The number of rotatable bonds is 5. The van der Waals surface area contributed by atoms with Crippen LogP contribution in [0.15, 0.2) is 34.7 Å². The molecular formula is C17H16N2O2S2. The molecule has 0 amide bonds. The summed E-state index contributed by atoms with van der Waals surface area (Å²) in [7, 11) is 0. The Morgan fingerprint density at radius 2 is 2.00 bits per heavy atom. The van der Waals surface area contributed by atoms with E-state index in [1.807, 2.05) is 6.92 Å². The fourth-order valence-corrected chi connectivity index (χ4v) is 4.24. The molecule has 23 heavy (non-hydrogen) atoms. The highest BCUT2D eigenvalue weighted by atomic mass is 32.2. The van der Waals surface area contributed by atoms with Gasteiger partial charge in [0.1, 0.15) is 15.7 Å². The number of thiophene rings is 1. The van der Waals surface area contributed by atoms with Crippen LogP contribution in [-0.2, 0) is 11.2 Å². The number of carboxylic acids is 1. The average Bonchev–Trinajstić information content (AvgIpc) is 2.96. The van der Waals surface area contributed by atoms with Crippen LogP contribution >= 0.6 is 23.1 Å². The number of benzene rings is 1. The van der Waals surface area contributed by atoms with Crippen molar-refractivity contribution in [2.24, 2.45) is 0 Å². The molecule has 0 spiro atoms. The number of nitrogens with zero attached hydrogens (tertiary/aromatic N) is 2. The average molecular weight is 344 g/mol. The van der Waals surface area contributed by atoms with Crippen LogP contribution in [0.1, 0.15) is 18.3 Å². The predicted molar refractivity (Wildman–Crippen MR) is 95.3 cm³/mol. The van der Waals surface area contributed by atoms with Gasteiger partial charge in [0.15, 0.2) is 0 Å². The minimum Gasteiger partial charge on any atom is -0.481 e. The van der Waals surface area contributed by atoms with E-state index in [2.05, 4.69) is 46.5 Å². The Hall–Kier alpha value is -1.92. The largest absolute Gasteiger partial charge is 0.481 e. The molecule has 3 rings (SSSR count). The minimum absolute atomic E-state index is 0.00435. The van der Waals surface area contributed by atoms with Crippen molar-refractivity contribution in [3.63, 3.8) is 0 Å². The third-order valence-electron chi connectivity index (χ3n) is 3.52. The molecule has 1 N–H and O–H groups in total. The van der Waals surface area contributed by atoms with Gasteiger partial charge in [-0.1, -0.05) is 43.0 Å². The summed E-state index contributed by atoms with van der Waals surface area (Å²) in [5, 5.41) is 12.7. The molecule has 0 unspecified atom stereocenters. The Kier molecular flexibility index (Phi) is 4.63. The molecule has 0 aliphatic rings. The van der Waals surface area contributed by atoms with Gasteiger partial charge in [0.05, 0.1) is 11.1 Å². The molecule has 2 heterocycles. The molecule has 0 aliphatic carbocycles. The van der Waals surface area contributed by atoms with E-state index in [-0.39, 0.29) is 5.75 Å². The maximum absolute atomic E-state index is 10.9. The summed E-state index contributed by atoms with van der Waals surface area (Å²) in [5.41, 5.74) is 3.47. The molecule has 3 aromatic rings. The normalized spacial score (nSPS) is 11.0. The number of aromatic nitrogens is 2. The highest BCUT2D eigenvalue weighted by molar-refractivity contribution is 8.00. The van der Waals surface area contributed by atoms with Crippen molar-refractivity contribution in [1.29, 1.82) is 0 Å². The Morgan fingerprint density at radius 3 is 2.65 bits per heavy atom. The number of thioether (sulfide) groups is 1. The molecule has 0 saturated heterocycles. The van der Waals surface area contributed by atoms with Crippen LogP contribution < -0.4 is 0 Å². The summed E-state index contributed by atoms with van der Waals surface area (Å²) in [6, 6.07) is 8.45. The third kappa shape index (κ3) is 3.38. The maximum atomic E-state index is 10.9. The van der Waals surface area contributed by atoms with E-state index in [0.717, 1.165) is 32.8 Å². The van der Waals surface area contributed by atoms with Crippen molar-refractivity contribution in [3.8, 4) is 11.1 Å². The second kappa shape index (κ2) is 6.68. The van der Waals surface area contributed by atoms with Gasteiger partial charge in [-0.3, -0.25) is 4.79 Å². The number of carbonyl (C=O) groups is 1. The quantitative estimate of drug-likeness (QED) is 0.549. The van der Waals surface area contributed by atoms with Crippen molar-refractivity contribution in [2.75, 3.05) is 5.75 Å². The van der Waals surface area contributed by atoms with Crippen LogP contribution in [0.3, 0.4) is 0 Å². The van der Waals surface area contributed by atoms with Gasteiger partial charge in [-0.05, 0) is 24.5 Å². The molecule has 0 atom stereocenters. The molecular weight excluding hydrogens is 328 g/mol. The van der Waals surface area contributed by atoms with Crippen LogP contribution in [-0.4, -0.2) is 26.8 Å². The SMILES string of the molecule is CCc1ccc(-c2csc3nc(C)nc(SCC(=O)O)c23)cc1. The highest BCUT2D eigenvalue weighted by Gasteiger charge is 2.15. The fourth-order valence-electron chi connectivity index (χ4n) is 2.38. The van der Waals surface area contributed by atoms with Crippen molar-refractivity contribution < 1.29 is 9.90 Å². The lowest BCUT2D eigenvalue weighted by atomic mass is 10.0. The van der Waals surface area contributed by atoms with Gasteiger partial charge in [0.2, 0.25) is 0 Å². The molecule has 0 saturated carbocycles. The molecule has 0 radical (unpaired) electrons. The first-order chi connectivity index (χ1) is 11.1. The number of aliphatic carboxylic acids is 1. The number of carboxylic acid groups (broad SMARTS) is 1. The van der Waals surface area contributed by atoms with Gasteiger partial charge in [-0.25, -0.2) is 9.97 Å². The molecule has 2 aromatic heterocycles. The minimum atomic E-state index is -0.844. The van der Waals surface area contributed by atoms with Crippen LogP contribution in [0.5, 0.6) is 0 Å².